The number of aromatic nitrogens is 3. The molecular weight excluding hydrogens is 310 g/mol. The maximum Gasteiger partial charge on any atom is 0.407 e. The van der Waals surface area contributed by atoms with Crippen molar-refractivity contribution < 1.29 is 9.53 Å². The zero-order chi connectivity index (χ0) is 17.7. The van der Waals surface area contributed by atoms with Gasteiger partial charge in [0.15, 0.2) is 5.96 Å². The number of aliphatic imine (C=N–C) groups is 1. The molecule has 2 rings (SSSR count). The van der Waals surface area contributed by atoms with Crippen molar-refractivity contribution in [3.63, 3.8) is 0 Å². The summed E-state index contributed by atoms with van der Waals surface area (Å²) in [5, 5.41) is 10.2. The van der Waals surface area contributed by atoms with E-state index < -0.39 is 5.60 Å². The summed E-state index contributed by atoms with van der Waals surface area (Å²) < 4.78 is 7.02. The molecule has 0 aliphatic carbocycles. The number of amides is 1. The molecule has 1 saturated heterocycles. The molecule has 1 aliphatic heterocycles. The lowest BCUT2D eigenvalue weighted by molar-refractivity contribution is 0.0507. The van der Waals surface area contributed by atoms with Crippen LogP contribution in [0.2, 0.25) is 0 Å². The number of nitrogens with zero attached hydrogens (tertiary/aromatic N) is 5. The Morgan fingerprint density at radius 2 is 2.25 bits per heavy atom. The van der Waals surface area contributed by atoms with Crippen LogP contribution in [0.3, 0.4) is 0 Å². The lowest BCUT2D eigenvalue weighted by Gasteiger charge is -2.23. The van der Waals surface area contributed by atoms with E-state index in [0.717, 1.165) is 24.7 Å². The van der Waals surface area contributed by atoms with Gasteiger partial charge in [0.25, 0.3) is 0 Å². The molecule has 1 unspecified atom stereocenters. The molecule has 134 valence electrons. The van der Waals surface area contributed by atoms with Gasteiger partial charge in [-0.15, -0.1) is 0 Å². The molecule has 0 radical (unpaired) electrons. The first-order chi connectivity index (χ1) is 11.3. The van der Waals surface area contributed by atoms with E-state index in [0.29, 0.717) is 13.1 Å². The molecule has 1 aromatic heterocycles. The van der Waals surface area contributed by atoms with Crippen LogP contribution in [0.1, 0.15) is 33.0 Å². The fraction of sp³-hybridized carbons (Fsp3) is 0.733. The van der Waals surface area contributed by atoms with Gasteiger partial charge < -0.3 is 20.3 Å². The molecule has 0 spiro atoms. The molecule has 1 aromatic rings. The molecule has 1 atom stereocenters. The van der Waals surface area contributed by atoms with Crippen LogP contribution in [0, 0.1) is 0 Å². The summed E-state index contributed by atoms with van der Waals surface area (Å²) in [5.74, 6) is 1.62. The molecule has 2 heterocycles. The SMILES string of the molecule is CN=C(NCc1ncnn1C)N1CCC(NC(=O)OC(C)(C)C)C1. The van der Waals surface area contributed by atoms with Crippen molar-refractivity contribution >= 4 is 12.1 Å². The molecule has 1 fully saturated rings. The van der Waals surface area contributed by atoms with Crippen LogP contribution in [-0.2, 0) is 18.3 Å². The van der Waals surface area contributed by atoms with Gasteiger partial charge in [0.05, 0.1) is 12.6 Å². The van der Waals surface area contributed by atoms with Crippen molar-refractivity contribution in [2.24, 2.45) is 12.0 Å². The van der Waals surface area contributed by atoms with Crippen LogP contribution in [0.15, 0.2) is 11.3 Å². The molecule has 1 amide bonds. The second-order valence-electron chi connectivity index (χ2n) is 6.78. The average Bonchev–Trinajstić information content (AvgIpc) is 3.07. The Balaban J connectivity index is 1.82. The highest BCUT2D eigenvalue weighted by Gasteiger charge is 2.27. The van der Waals surface area contributed by atoms with E-state index in [2.05, 4.69) is 30.6 Å². The molecule has 2 N–H and O–H groups in total. The van der Waals surface area contributed by atoms with Crippen molar-refractivity contribution in [3.05, 3.63) is 12.2 Å². The Hall–Kier alpha value is -2.32. The van der Waals surface area contributed by atoms with Crippen molar-refractivity contribution in [1.82, 2.24) is 30.3 Å². The third-order valence-corrected chi connectivity index (χ3v) is 3.63. The Morgan fingerprint density at radius 3 is 2.83 bits per heavy atom. The highest BCUT2D eigenvalue weighted by Crippen LogP contribution is 2.12. The molecular formula is C15H27N7O2. The Morgan fingerprint density at radius 1 is 1.50 bits per heavy atom. The number of guanidine groups is 1. The van der Waals surface area contributed by atoms with Crippen molar-refractivity contribution in [3.8, 4) is 0 Å². The molecule has 9 nitrogen and oxygen atoms in total. The third-order valence-electron chi connectivity index (χ3n) is 3.63. The standard InChI is InChI=1S/C15H27N7O2/c1-15(2,3)24-14(23)20-11-6-7-22(9-11)13(16-4)17-8-12-18-10-19-21(12)5/h10-11H,6-9H2,1-5H3,(H,16,17)(H,20,23). The Kier molecular flexibility index (Phi) is 5.63. The normalized spacial score (nSPS) is 18.6. The summed E-state index contributed by atoms with van der Waals surface area (Å²) in [7, 11) is 3.59. The van der Waals surface area contributed by atoms with E-state index in [1.807, 2.05) is 27.8 Å². The van der Waals surface area contributed by atoms with Crippen LogP contribution < -0.4 is 10.6 Å². The lowest BCUT2D eigenvalue weighted by Crippen LogP contribution is -2.44. The predicted molar refractivity (Wildman–Crippen MR) is 90.5 cm³/mol. The highest BCUT2D eigenvalue weighted by atomic mass is 16.6. The van der Waals surface area contributed by atoms with Gasteiger partial charge >= 0.3 is 6.09 Å². The van der Waals surface area contributed by atoms with Gasteiger partial charge in [0.2, 0.25) is 0 Å². The number of nitrogens with one attached hydrogen (secondary N) is 2. The number of carbonyl (C=O) groups is 1. The van der Waals surface area contributed by atoms with E-state index in [9.17, 15) is 4.79 Å². The first kappa shape index (κ1) is 18.0. The number of aryl methyl sites for hydroxylation is 1. The minimum Gasteiger partial charge on any atom is -0.444 e. The maximum absolute atomic E-state index is 11.9. The van der Waals surface area contributed by atoms with Gasteiger partial charge in [-0.3, -0.25) is 9.67 Å². The van der Waals surface area contributed by atoms with Crippen LogP contribution in [0.5, 0.6) is 0 Å². The second-order valence-corrected chi connectivity index (χ2v) is 6.78. The number of rotatable bonds is 3. The van der Waals surface area contributed by atoms with Gasteiger partial charge in [-0.2, -0.15) is 5.10 Å². The Labute approximate surface area is 142 Å². The minimum atomic E-state index is -0.490. The summed E-state index contributed by atoms with van der Waals surface area (Å²) in [6.45, 7) is 7.61. The zero-order valence-corrected chi connectivity index (χ0v) is 15.0. The van der Waals surface area contributed by atoms with Crippen LogP contribution >= 0.6 is 0 Å². The molecule has 9 heteroatoms. The van der Waals surface area contributed by atoms with Crippen molar-refractivity contribution in [2.75, 3.05) is 20.1 Å². The topological polar surface area (TPSA) is 96.7 Å². The van der Waals surface area contributed by atoms with E-state index in [1.165, 1.54) is 6.33 Å². The first-order valence-electron chi connectivity index (χ1n) is 8.06. The van der Waals surface area contributed by atoms with Gasteiger partial charge in [-0.05, 0) is 27.2 Å². The molecule has 1 aliphatic rings. The van der Waals surface area contributed by atoms with Gasteiger partial charge in [-0.1, -0.05) is 0 Å². The molecule has 0 bridgehead atoms. The van der Waals surface area contributed by atoms with Gasteiger partial charge in [0, 0.05) is 27.2 Å². The maximum atomic E-state index is 11.9. The van der Waals surface area contributed by atoms with Gasteiger partial charge in [0.1, 0.15) is 17.8 Å². The van der Waals surface area contributed by atoms with Crippen LogP contribution in [0.25, 0.3) is 0 Å². The molecule has 0 saturated carbocycles. The monoisotopic (exact) mass is 337 g/mol. The fourth-order valence-electron chi connectivity index (χ4n) is 2.52. The summed E-state index contributed by atoms with van der Waals surface area (Å²) in [5.41, 5.74) is -0.490. The van der Waals surface area contributed by atoms with E-state index in [4.69, 9.17) is 4.74 Å². The zero-order valence-electron chi connectivity index (χ0n) is 15.0. The predicted octanol–water partition coefficient (Wildman–Crippen LogP) is 0.489. The molecule has 24 heavy (non-hydrogen) atoms. The van der Waals surface area contributed by atoms with Crippen molar-refractivity contribution in [1.29, 1.82) is 0 Å². The summed E-state index contributed by atoms with van der Waals surface area (Å²) in [4.78, 5) is 22.5. The van der Waals surface area contributed by atoms with E-state index in [-0.39, 0.29) is 12.1 Å². The smallest absolute Gasteiger partial charge is 0.407 e. The number of ether oxygens (including phenoxy) is 1. The van der Waals surface area contributed by atoms with Crippen LogP contribution in [0.4, 0.5) is 4.79 Å². The van der Waals surface area contributed by atoms with E-state index >= 15 is 0 Å². The number of hydrogen-bond donors (Lipinski definition) is 2. The van der Waals surface area contributed by atoms with Crippen LogP contribution in [-0.4, -0.2) is 63.5 Å². The summed E-state index contributed by atoms with van der Waals surface area (Å²) >= 11 is 0. The number of hydrogen-bond acceptors (Lipinski definition) is 5. The highest BCUT2D eigenvalue weighted by molar-refractivity contribution is 5.80. The third kappa shape index (κ3) is 5.10. The average molecular weight is 337 g/mol. The largest absolute Gasteiger partial charge is 0.444 e. The molecule has 0 aromatic carbocycles. The van der Waals surface area contributed by atoms with Crippen molar-refractivity contribution in [2.45, 2.75) is 45.4 Å². The number of alkyl carbamates (subject to hydrolysis) is 1. The quantitative estimate of drug-likeness (QED) is 0.615. The number of likely N-dealkylation sites (tertiary alicyclic amines) is 1. The minimum absolute atomic E-state index is 0.0493. The first-order valence-corrected chi connectivity index (χ1v) is 8.06. The lowest BCUT2D eigenvalue weighted by atomic mass is 10.2. The summed E-state index contributed by atoms with van der Waals surface area (Å²) in [6.07, 6.45) is 2.00. The Bertz CT molecular complexity index is 591. The van der Waals surface area contributed by atoms with E-state index in [1.54, 1.807) is 11.7 Å². The van der Waals surface area contributed by atoms with Gasteiger partial charge in [-0.25, -0.2) is 9.78 Å². The fourth-order valence-corrected chi connectivity index (χ4v) is 2.52. The number of carbonyl (C=O) groups excluding carboxylic acids is 1. The summed E-state index contributed by atoms with van der Waals surface area (Å²) in [6, 6.07) is 0.0493. The second kappa shape index (κ2) is 7.50.